The summed E-state index contributed by atoms with van der Waals surface area (Å²) in [5, 5.41) is 5.61. The number of rotatable bonds is 5. The Labute approximate surface area is 156 Å². The lowest BCUT2D eigenvalue weighted by Crippen LogP contribution is -2.31. The van der Waals surface area contributed by atoms with E-state index in [4.69, 9.17) is 11.6 Å². The first-order valence-electron chi connectivity index (χ1n) is 8.41. The van der Waals surface area contributed by atoms with Crippen molar-refractivity contribution in [3.05, 3.63) is 51.2 Å². The number of nitrogens with one attached hydrogen (secondary N) is 1. The average Bonchev–Trinajstić information content (AvgIpc) is 3.24. The predicted octanol–water partition coefficient (Wildman–Crippen LogP) is 4.66. The van der Waals surface area contributed by atoms with Crippen LogP contribution in [0.5, 0.6) is 0 Å². The molecule has 0 spiro atoms. The number of hydrogen-bond donors (Lipinski definition) is 1. The number of anilines is 1. The van der Waals surface area contributed by atoms with Crippen molar-refractivity contribution < 1.29 is 9.59 Å². The van der Waals surface area contributed by atoms with Crippen molar-refractivity contribution in [2.75, 3.05) is 11.4 Å². The largest absolute Gasteiger partial charge is 0.344 e. The van der Waals surface area contributed by atoms with Gasteiger partial charge in [0.05, 0.1) is 16.8 Å². The van der Waals surface area contributed by atoms with E-state index in [1.54, 1.807) is 34.4 Å². The first-order chi connectivity index (χ1) is 12.0. The standard InChI is InChI=1S/C19H21ClN2O2S/c1-12(2)18(16-5-4-10-25-16)21-19(24)13-7-8-14(20)15(11-13)22-9-3-6-17(22)23/h4-5,7-8,10-12,18H,3,6,9H2,1-2H3,(H,21,24)/t18-/m0/s1. The van der Waals surface area contributed by atoms with Crippen molar-refractivity contribution in [2.45, 2.75) is 32.7 Å². The third-order valence-electron chi connectivity index (χ3n) is 4.38. The summed E-state index contributed by atoms with van der Waals surface area (Å²) in [6.45, 7) is 4.81. The zero-order valence-corrected chi connectivity index (χ0v) is 15.9. The minimum atomic E-state index is -0.156. The number of amides is 2. The molecule has 0 bridgehead atoms. The number of halogens is 1. The Balaban J connectivity index is 1.83. The Hall–Kier alpha value is -1.85. The molecule has 3 rings (SSSR count). The molecule has 1 aromatic carbocycles. The highest BCUT2D eigenvalue weighted by Crippen LogP contribution is 2.31. The van der Waals surface area contributed by atoms with E-state index in [1.165, 1.54) is 0 Å². The Morgan fingerprint density at radius 2 is 2.12 bits per heavy atom. The van der Waals surface area contributed by atoms with Crippen molar-refractivity contribution in [1.82, 2.24) is 5.32 Å². The van der Waals surface area contributed by atoms with E-state index in [0.717, 1.165) is 11.3 Å². The molecule has 1 aliphatic heterocycles. The zero-order chi connectivity index (χ0) is 18.0. The molecule has 0 aliphatic carbocycles. The number of nitrogens with zero attached hydrogens (tertiary/aromatic N) is 1. The molecule has 1 atom stereocenters. The minimum Gasteiger partial charge on any atom is -0.344 e. The van der Waals surface area contributed by atoms with E-state index >= 15 is 0 Å². The molecule has 1 aromatic heterocycles. The van der Waals surface area contributed by atoms with Gasteiger partial charge in [-0.25, -0.2) is 0 Å². The molecular formula is C19H21ClN2O2S. The number of carbonyl (C=O) groups excluding carboxylic acids is 2. The topological polar surface area (TPSA) is 49.4 Å². The van der Waals surface area contributed by atoms with Gasteiger partial charge in [-0.2, -0.15) is 0 Å². The Morgan fingerprint density at radius 3 is 2.72 bits per heavy atom. The number of carbonyl (C=O) groups is 2. The van der Waals surface area contributed by atoms with Crippen molar-refractivity contribution in [3.63, 3.8) is 0 Å². The molecule has 132 valence electrons. The van der Waals surface area contributed by atoms with Gasteiger partial charge in [0.25, 0.3) is 5.91 Å². The molecule has 2 amide bonds. The van der Waals surface area contributed by atoms with Crippen LogP contribution >= 0.6 is 22.9 Å². The maximum atomic E-state index is 12.8. The first kappa shape index (κ1) is 18.0. The summed E-state index contributed by atoms with van der Waals surface area (Å²) in [5.74, 6) is 0.171. The lowest BCUT2D eigenvalue weighted by Gasteiger charge is -2.22. The van der Waals surface area contributed by atoms with Crippen LogP contribution in [0, 0.1) is 5.92 Å². The van der Waals surface area contributed by atoms with Crippen molar-refractivity contribution in [2.24, 2.45) is 5.92 Å². The van der Waals surface area contributed by atoms with Crippen LogP contribution in [0.4, 0.5) is 5.69 Å². The summed E-state index contributed by atoms with van der Waals surface area (Å²) in [4.78, 5) is 27.6. The van der Waals surface area contributed by atoms with Gasteiger partial charge in [-0.05, 0) is 42.0 Å². The molecule has 4 nitrogen and oxygen atoms in total. The van der Waals surface area contributed by atoms with E-state index in [0.29, 0.717) is 29.2 Å². The van der Waals surface area contributed by atoms with Crippen LogP contribution in [-0.2, 0) is 4.79 Å². The van der Waals surface area contributed by atoms with Crippen LogP contribution in [0.3, 0.4) is 0 Å². The lowest BCUT2D eigenvalue weighted by molar-refractivity contribution is -0.117. The summed E-state index contributed by atoms with van der Waals surface area (Å²) < 4.78 is 0. The van der Waals surface area contributed by atoms with Gasteiger partial charge in [0.15, 0.2) is 0 Å². The normalized spacial score (nSPS) is 15.7. The lowest BCUT2D eigenvalue weighted by atomic mass is 10.0. The maximum absolute atomic E-state index is 12.8. The van der Waals surface area contributed by atoms with Crippen molar-refractivity contribution >= 4 is 40.4 Å². The molecule has 2 heterocycles. The third kappa shape index (κ3) is 3.88. The van der Waals surface area contributed by atoms with Gasteiger partial charge in [0.1, 0.15) is 0 Å². The number of benzene rings is 1. The summed E-state index contributed by atoms with van der Waals surface area (Å²) in [6.07, 6.45) is 1.35. The SMILES string of the molecule is CC(C)[C@H](NC(=O)c1ccc(Cl)c(N2CCCC2=O)c1)c1cccs1. The summed E-state index contributed by atoms with van der Waals surface area (Å²) in [6, 6.07) is 9.08. The van der Waals surface area contributed by atoms with E-state index < -0.39 is 0 Å². The van der Waals surface area contributed by atoms with Gasteiger partial charge in [0, 0.05) is 23.4 Å². The molecule has 1 aliphatic rings. The second kappa shape index (κ2) is 7.58. The first-order valence-corrected chi connectivity index (χ1v) is 9.67. The van der Waals surface area contributed by atoms with Gasteiger partial charge >= 0.3 is 0 Å². The highest BCUT2D eigenvalue weighted by molar-refractivity contribution is 7.10. The van der Waals surface area contributed by atoms with Gasteiger partial charge < -0.3 is 10.2 Å². The second-order valence-electron chi connectivity index (χ2n) is 6.53. The molecule has 6 heteroatoms. The molecular weight excluding hydrogens is 356 g/mol. The van der Waals surface area contributed by atoms with Gasteiger partial charge in [-0.15, -0.1) is 11.3 Å². The molecule has 25 heavy (non-hydrogen) atoms. The quantitative estimate of drug-likeness (QED) is 0.825. The second-order valence-corrected chi connectivity index (χ2v) is 7.91. The fourth-order valence-corrected chi connectivity index (χ4v) is 4.19. The van der Waals surface area contributed by atoms with Crippen LogP contribution in [0.1, 0.15) is 48.0 Å². The average molecular weight is 377 g/mol. The molecule has 0 saturated carbocycles. The Kier molecular flexibility index (Phi) is 5.45. The predicted molar refractivity (Wildman–Crippen MR) is 102 cm³/mol. The number of thiophene rings is 1. The van der Waals surface area contributed by atoms with Crippen molar-refractivity contribution in [1.29, 1.82) is 0 Å². The van der Waals surface area contributed by atoms with Crippen LogP contribution in [0.25, 0.3) is 0 Å². The van der Waals surface area contributed by atoms with Crippen LogP contribution < -0.4 is 10.2 Å². The monoisotopic (exact) mass is 376 g/mol. The van der Waals surface area contributed by atoms with E-state index in [-0.39, 0.29) is 23.8 Å². The number of hydrogen-bond acceptors (Lipinski definition) is 3. The van der Waals surface area contributed by atoms with Crippen LogP contribution in [0.15, 0.2) is 35.7 Å². The third-order valence-corrected chi connectivity index (χ3v) is 5.65. The molecule has 0 radical (unpaired) electrons. The Bertz CT molecular complexity index is 774. The highest BCUT2D eigenvalue weighted by atomic mass is 35.5. The van der Waals surface area contributed by atoms with Crippen molar-refractivity contribution in [3.8, 4) is 0 Å². The fraction of sp³-hybridized carbons (Fsp3) is 0.368. The van der Waals surface area contributed by atoms with E-state index in [1.807, 2.05) is 17.5 Å². The van der Waals surface area contributed by atoms with E-state index in [9.17, 15) is 9.59 Å². The Morgan fingerprint density at radius 1 is 1.32 bits per heavy atom. The van der Waals surface area contributed by atoms with Gasteiger partial charge in [-0.1, -0.05) is 31.5 Å². The minimum absolute atomic E-state index is 0.0416. The fourth-order valence-electron chi connectivity index (χ4n) is 3.02. The molecule has 2 aromatic rings. The van der Waals surface area contributed by atoms with Gasteiger partial charge in [-0.3, -0.25) is 9.59 Å². The maximum Gasteiger partial charge on any atom is 0.251 e. The highest BCUT2D eigenvalue weighted by Gasteiger charge is 2.25. The molecule has 0 unspecified atom stereocenters. The van der Waals surface area contributed by atoms with Gasteiger partial charge in [0.2, 0.25) is 5.91 Å². The summed E-state index contributed by atoms with van der Waals surface area (Å²) in [7, 11) is 0. The molecule has 1 N–H and O–H groups in total. The summed E-state index contributed by atoms with van der Waals surface area (Å²) in [5.41, 5.74) is 1.13. The summed E-state index contributed by atoms with van der Waals surface area (Å²) >= 11 is 7.89. The smallest absolute Gasteiger partial charge is 0.251 e. The molecule has 1 fully saturated rings. The zero-order valence-electron chi connectivity index (χ0n) is 14.3. The van der Waals surface area contributed by atoms with E-state index in [2.05, 4.69) is 19.2 Å². The molecule has 1 saturated heterocycles. The van der Waals surface area contributed by atoms with Crippen LogP contribution in [0.2, 0.25) is 5.02 Å². The van der Waals surface area contributed by atoms with Crippen LogP contribution in [-0.4, -0.2) is 18.4 Å².